The van der Waals surface area contributed by atoms with Gasteiger partial charge >= 0.3 is 5.91 Å². The van der Waals surface area contributed by atoms with Crippen LogP contribution < -0.4 is 5.32 Å². The van der Waals surface area contributed by atoms with Crippen LogP contribution >= 0.6 is 11.6 Å². The number of benzene rings is 1. The van der Waals surface area contributed by atoms with Crippen molar-refractivity contribution >= 4 is 33.2 Å². The topological polar surface area (TPSA) is 102 Å². The van der Waals surface area contributed by atoms with Crippen LogP contribution in [0.1, 0.15) is 16.4 Å². The Hall–Kier alpha value is -1.94. The Balaban J connectivity index is 1.86. The average Bonchev–Trinajstić information content (AvgIpc) is 3.04. The number of aromatic nitrogens is 1. The molecule has 0 saturated carbocycles. The van der Waals surface area contributed by atoms with E-state index in [1.54, 1.807) is 6.92 Å². The Kier molecular flexibility index (Phi) is 5.09. The van der Waals surface area contributed by atoms with Gasteiger partial charge in [0.1, 0.15) is 5.76 Å². The number of nitrogens with one attached hydrogen (secondary N) is 1. The summed E-state index contributed by atoms with van der Waals surface area (Å²) in [7, 11) is -3.69. The number of aryl methyl sites for hydroxylation is 1. The molecule has 1 aromatic heterocycles. The normalized spacial score (nSPS) is 15.9. The highest BCUT2D eigenvalue weighted by Gasteiger charge is 2.27. The van der Waals surface area contributed by atoms with E-state index < -0.39 is 15.9 Å². The van der Waals surface area contributed by atoms with E-state index in [1.807, 2.05) is 0 Å². The second-order valence-corrected chi connectivity index (χ2v) is 7.73. The Morgan fingerprint density at radius 3 is 2.68 bits per heavy atom. The van der Waals surface area contributed by atoms with E-state index in [0.717, 1.165) is 0 Å². The number of amides is 1. The standard InChI is InChI=1S/C15H16ClN3O5S/c1-10-9-17-15(24-10)14(20)18-13-8-11(2-3-12(13)16)25(21,22)19-4-6-23-7-5-19/h2-3,8-9H,4-7H2,1H3,(H,18,20). The van der Waals surface area contributed by atoms with Crippen LogP contribution in [0, 0.1) is 6.92 Å². The van der Waals surface area contributed by atoms with Crippen LogP contribution in [0.15, 0.2) is 33.7 Å². The summed E-state index contributed by atoms with van der Waals surface area (Å²) in [5, 5.41) is 2.73. The number of oxazole rings is 1. The van der Waals surface area contributed by atoms with Crippen LogP contribution in [-0.4, -0.2) is 49.9 Å². The molecule has 1 saturated heterocycles. The third-order valence-corrected chi connectivity index (χ3v) is 5.83. The highest BCUT2D eigenvalue weighted by Crippen LogP contribution is 2.27. The highest BCUT2D eigenvalue weighted by atomic mass is 35.5. The number of nitrogens with zero attached hydrogens (tertiary/aromatic N) is 2. The Morgan fingerprint density at radius 1 is 1.32 bits per heavy atom. The smallest absolute Gasteiger partial charge is 0.311 e. The first kappa shape index (κ1) is 17.9. The zero-order valence-electron chi connectivity index (χ0n) is 13.4. The number of anilines is 1. The fourth-order valence-corrected chi connectivity index (χ4v) is 3.93. The first-order valence-electron chi connectivity index (χ1n) is 7.49. The van der Waals surface area contributed by atoms with Gasteiger partial charge in [0, 0.05) is 13.1 Å². The number of sulfonamides is 1. The van der Waals surface area contributed by atoms with Crippen molar-refractivity contribution in [1.29, 1.82) is 0 Å². The van der Waals surface area contributed by atoms with Gasteiger partial charge in [-0.25, -0.2) is 13.4 Å². The maximum atomic E-state index is 12.7. The summed E-state index contributed by atoms with van der Waals surface area (Å²) in [5.41, 5.74) is 0.164. The summed E-state index contributed by atoms with van der Waals surface area (Å²) in [6.45, 7) is 2.91. The Morgan fingerprint density at radius 2 is 2.04 bits per heavy atom. The molecular weight excluding hydrogens is 370 g/mol. The highest BCUT2D eigenvalue weighted by molar-refractivity contribution is 7.89. The van der Waals surface area contributed by atoms with Gasteiger partial charge in [0.25, 0.3) is 5.89 Å². The Labute approximate surface area is 149 Å². The minimum atomic E-state index is -3.69. The fraction of sp³-hybridized carbons (Fsp3) is 0.333. The van der Waals surface area contributed by atoms with Crippen LogP contribution in [0.4, 0.5) is 5.69 Å². The van der Waals surface area contributed by atoms with Gasteiger partial charge in [-0.05, 0) is 25.1 Å². The van der Waals surface area contributed by atoms with E-state index >= 15 is 0 Å². The molecule has 1 N–H and O–H groups in total. The minimum Gasteiger partial charge on any atom is -0.438 e. The molecule has 0 unspecified atom stereocenters. The first-order valence-corrected chi connectivity index (χ1v) is 9.31. The van der Waals surface area contributed by atoms with Gasteiger partial charge in [-0.1, -0.05) is 11.6 Å². The van der Waals surface area contributed by atoms with Crippen molar-refractivity contribution in [1.82, 2.24) is 9.29 Å². The maximum Gasteiger partial charge on any atom is 0.311 e. The Bertz CT molecular complexity index is 890. The average molecular weight is 386 g/mol. The monoisotopic (exact) mass is 385 g/mol. The van der Waals surface area contributed by atoms with Crippen LogP contribution in [0.2, 0.25) is 5.02 Å². The van der Waals surface area contributed by atoms with Crippen molar-refractivity contribution in [2.24, 2.45) is 0 Å². The van der Waals surface area contributed by atoms with E-state index in [2.05, 4.69) is 10.3 Å². The molecule has 10 heteroatoms. The first-order chi connectivity index (χ1) is 11.9. The number of halogens is 1. The molecule has 2 aromatic rings. The van der Waals surface area contributed by atoms with Crippen molar-refractivity contribution in [3.8, 4) is 0 Å². The molecule has 1 amide bonds. The summed E-state index contributed by atoms with van der Waals surface area (Å²) in [6, 6.07) is 4.14. The van der Waals surface area contributed by atoms with Crippen molar-refractivity contribution < 1.29 is 22.4 Å². The van der Waals surface area contributed by atoms with Crippen LogP contribution in [0.5, 0.6) is 0 Å². The predicted octanol–water partition coefficient (Wildman–Crippen LogP) is 1.91. The molecule has 0 aliphatic carbocycles. The van der Waals surface area contributed by atoms with Crippen molar-refractivity contribution in [2.45, 2.75) is 11.8 Å². The van der Waals surface area contributed by atoms with Gasteiger partial charge < -0.3 is 14.5 Å². The molecule has 1 aromatic carbocycles. The van der Waals surface area contributed by atoms with Gasteiger partial charge in [-0.3, -0.25) is 4.79 Å². The van der Waals surface area contributed by atoms with E-state index in [-0.39, 0.29) is 34.6 Å². The SMILES string of the molecule is Cc1cnc(C(=O)Nc2cc(S(=O)(=O)N3CCOCC3)ccc2Cl)o1. The fourth-order valence-electron chi connectivity index (χ4n) is 2.33. The lowest BCUT2D eigenvalue weighted by molar-refractivity contribution is 0.0730. The van der Waals surface area contributed by atoms with Gasteiger partial charge in [0.05, 0.1) is 35.0 Å². The van der Waals surface area contributed by atoms with Gasteiger partial charge in [-0.15, -0.1) is 0 Å². The molecule has 1 aliphatic rings. The van der Waals surface area contributed by atoms with E-state index in [1.165, 1.54) is 28.7 Å². The number of carbonyl (C=O) groups is 1. The predicted molar refractivity (Wildman–Crippen MR) is 90.2 cm³/mol. The van der Waals surface area contributed by atoms with E-state index in [9.17, 15) is 13.2 Å². The molecule has 8 nitrogen and oxygen atoms in total. The lowest BCUT2D eigenvalue weighted by Gasteiger charge is -2.26. The maximum absolute atomic E-state index is 12.7. The van der Waals surface area contributed by atoms with Gasteiger partial charge in [-0.2, -0.15) is 4.31 Å². The summed E-state index contributed by atoms with van der Waals surface area (Å²) < 4.78 is 37.0. The summed E-state index contributed by atoms with van der Waals surface area (Å²) in [6.07, 6.45) is 1.41. The van der Waals surface area contributed by atoms with E-state index in [0.29, 0.717) is 19.0 Å². The quantitative estimate of drug-likeness (QED) is 0.862. The van der Waals surface area contributed by atoms with Crippen molar-refractivity contribution in [2.75, 3.05) is 31.6 Å². The molecule has 0 radical (unpaired) electrons. The molecular formula is C15H16ClN3O5S. The van der Waals surface area contributed by atoms with Gasteiger partial charge in [0.2, 0.25) is 10.0 Å². The molecule has 134 valence electrons. The number of carbonyl (C=O) groups excluding carboxylic acids is 1. The lowest BCUT2D eigenvalue weighted by Crippen LogP contribution is -2.40. The minimum absolute atomic E-state index is 0.0395. The molecule has 25 heavy (non-hydrogen) atoms. The summed E-state index contributed by atoms with van der Waals surface area (Å²) in [5.74, 6) is -0.259. The van der Waals surface area contributed by atoms with Crippen molar-refractivity contribution in [3.05, 3.63) is 41.1 Å². The summed E-state index contributed by atoms with van der Waals surface area (Å²) >= 11 is 6.07. The third-order valence-electron chi connectivity index (χ3n) is 3.61. The molecule has 3 rings (SSSR count). The molecule has 2 heterocycles. The zero-order valence-corrected chi connectivity index (χ0v) is 14.9. The van der Waals surface area contributed by atoms with Crippen LogP contribution in [-0.2, 0) is 14.8 Å². The zero-order chi connectivity index (χ0) is 18.0. The lowest BCUT2D eigenvalue weighted by atomic mass is 10.3. The van der Waals surface area contributed by atoms with Crippen LogP contribution in [0.3, 0.4) is 0 Å². The second-order valence-electron chi connectivity index (χ2n) is 5.39. The molecule has 0 atom stereocenters. The van der Waals surface area contributed by atoms with Crippen molar-refractivity contribution in [3.63, 3.8) is 0 Å². The summed E-state index contributed by atoms with van der Waals surface area (Å²) in [4.78, 5) is 16.0. The second kappa shape index (κ2) is 7.12. The number of hydrogen-bond donors (Lipinski definition) is 1. The molecule has 0 spiro atoms. The van der Waals surface area contributed by atoms with Gasteiger partial charge in [0.15, 0.2) is 0 Å². The number of ether oxygens (including phenoxy) is 1. The largest absolute Gasteiger partial charge is 0.438 e. The molecule has 0 bridgehead atoms. The van der Waals surface area contributed by atoms with Crippen LogP contribution in [0.25, 0.3) is 0 Å². The number of rotatable bonds is 4. The third kappa shape index (κ3) is 3.84. The van der Waals surface area contributed by atoms with E-state index in [4.69, 9.17) is 20.8 Å². The number of hydrogen-bond acceptors (Lipinski definition) is 6. The molecule has 1 fully saturated rings. The number of morpholine rings is 1. The molecule has 1 aliphatic heterocycles.